The normalized spacial score (nSPS) is 9.92. The van der Waals surface area contributed by atoms with Gasteiger partial charge in [-0.3, -0.25) is 0 Å². The zero-order valence-corrected chi connectivity index (χ0v) is 7.64. The van der Waals surface area contributed by atoms with Gasteiger partial charge in [0.1, 0.15) is 5.75 Å². The molecule has 0 saturated carbocycles. The second-order valence-corrected chi connectivity index (χ2v) is 2.82. The van der Waals surface area contributed by atoms with Crippen LogP contribution in [-0.4, -0.2) is 11.7 Å². The summed E-state index contributed by atoms with van der Waals surface area (Å²) in [5.41, 5.74) is 0.769. The highest BCUT2D eigenvalue weighted by Gasteiger charge is 1.98. The molecule has 0 aromatic heterocycles. The Kier molecular flexibility index (Phi) is 3.38. The van der Waals surface area contributed by atoms with Crippen LogP contribution in [0.1, 0.15) is 12.5 Å². The number of ether oxygens (including phenoxy) is 1. The minimum absolute atomic E-state index is 0.0133. The molecule has 0 amide bonds. The summed E-state index contributed by atoms with van der Waals surface area (Å²) in [5.74, 6) is 0.703. The van der Waals surface area contributed by atoms with Crippen LogP contribution in [0.15, 0.2) is 18.2 Å². The van der Waals surface area contributed by atoms with Gasteiger partial charge < -0.3 is 9.84 Å². The fourth-order valence-corrected chi connectivity index (χ4v) is 1.21. The summed E-state index contributed by atoms with van der Waals surface area (Å²) in [5, 5.41) is 9.43. The third-order valence-corrected chi connectivity index (χ3v) is 1.64. The van der Waals surface area contributed by atoms with Gasteiger partial charge in [-0.05, 0) is 30.7 Å². The van der Waals surface area contributed by atoms with Gasteiger partial charge in [0.15, 0.2) is 0 Å². The van der Waals surface area contributed by atoms with Crippen LogP contribution in [-0.2, 0) is 6.61 Å². The summed E-state index contributed by atoms with van der Waals surface area (Å²) in [4.78, 5) is 0. The summed E-state index contributed by atoms with van der Waals surface area (Å²) in [7, 11) is 0. The van der Waals surface area contributed by atoms with Gasteiger partial charge in [-0.1, -0.05) is 11.6 Å². The summed E-state index contributed by atoms with van der Waals surface area (Å²) >= 11 is 5.77. The number of halogens is 1. The van der Waals surface area contributed by atoms with Crippen molar-refractivity contribution in [3.8, 4) is 5.75 Å². The Bertz CT molecular complexity index is 261. The maximum atomic E-state index is 8.84. The Morgan fingerprint density at radius 3 is 2.75 bits per heavy atom. The van der Waals surface area contributed by atoms with Crippen LogP contribution < -0.4 is 4.74 Å². The molecule has 3 heteroatoms. The Labute approximate surface area is 76.7 Å². The van der Waals surface area contributed by atoms with E-state index >= 15 is 0 Å². The Balaban J connectivity index is 2.90. The summed E-state index contributed by atoms with van der Waals surface area (Å²) in [6.07, 6.45) is 0. The predicted octanol–water partition coefficient (Wildman–Crippen LogP) is 2.23. The third kappa shape index (κ3) is 2.40. The first-order valence-corrected chi connectivity index (χ1v) is 4.17. The fraction of sp³-hybridized carbons (Fsp3) is 0.333. The van der Waals surface area contributed by atoms with E-state index in [9.17, 15) is 0 Å². The fourth-order valence-electron chi connectivity index (χ4n) is 0.962. The lowest BCUT2D eigenvalue weighted by atomic mass is 10.2. The zero-order chi connectivity index (χ0) is 8.97. The smallest absolute Gasteiger partial charge is 0.121 e. The van der Waals surface area contributed by atoms with Crippen LogP contribution in [0.4, 0.5) is 0 Å². The highest BCUT2D eigenvalue weighted by Crippen LogP contribution is 2.20. The van der Waals surface area contributed by atoms with E-state index in [1.807, 2.05) is 6.92 Å². The van der Waals surface area contributed by atoms with Gasteiger partial charge in [0.2, 0.25) is 0 Å². The topological polar surface area (TPSA) is 29.5 Å². The molecule has 0 radical (unpaired) electrons. The van der Waals surface area contributed by atoms with Gasteiger partial charge in [-0.15, -0.1) is 0 Å². The van der Waals surface area contributed by atoms with E-state index in [4.69, 9.17) is 21.4 Å². The van der Waals surface area contributed by atoms with Crippen molar-refractivity contribution in [1.29, 1.82) is 0 Å². The number of aliphatic hydroxyl groups excluding tert-OH is 1. The molecule has 1 aromatic carbocycles. The zero-order valence-electron chi connectivity index (χ0n) is 6.88. The van der Waals surface area contributed by atoms with Crippen molar-refractivity contribution < 1.29 is 9.84 Å². The van der Waals surface area contributed by atoms with Gasteiger partial charge in [-0.25, -0.2) is 0 Å². The van der Waals surface area contributed by atoms with Gasteiger partial charge in [0, 0.05) is 5.02 Å². The molecule has 1 rings (SSSR count). The van der Waals surface area contributed by atoms with E-state index in [0.29, 0.717) is 17.4 Å². The molecule has 0 atom stereocenters. The van der Waals surface area contributed by atoms with E-state index in [-0.39, 0.29) is 6.61 Å². The van der Waals surface area contributed by atoms with Crippen LogP contribution in [0.3, 0.4) is 0 Å². The first-order chi connectivity index (χ1) is 5.76. The highest BCUT2D eigenvalue weighted by molar-refractivity contribution is 6.30. The molecule has 1 aromatic rings. The highest BCUT2D eigenvalue weighted by atomic mass is 35.5. The van der Waals surface area contributed by atoms with Gasteiger partial charge >= 0.3 is 0 Å². The summed E-state index contributed by atoms with van der Waals surface area (Å²) in [6, 6.07) is 5.21. The number of hydrogen-bond donors (Lipinski definition) is 1. The van der Waals surface area contributed by atoms with Crippen molar-refractivity contribution in [3.63, 3.8) is 0 Å². The average molecular weight is 187 g/mol. The lowest BCUT2D eigenvalue weighted by Crippen LogP contribution is -1.92. The van der Waals surface area contributed by atoms with Crippen LogP contribution >= 0.6 is 11.6 Å². The molecular weight excluding hydrogens is 176 g/mol. The van der Waals surface area contributed by atoms with Crippen molar-refractivity contribution in [1.82, 2.24) is 0 Å². The van der Waals surface area contributed by atoms with Gasteiger partial charge in [0.25, 0.3) is 0 Å². The van der Waals surface area contributed by atoms with Crippen LogP contribution in [0.2, 0.25) is 5.02 Å². The number of hydrogen-bond acceptors (Lipinski definition) is 2. The Morgan fingerprint density at radius 2 is 2.17 bits per heavy atom. The molecule has 2 nitrogen and oxygen atoms in total. The number of aliphatic hydroxyl groups is 1. The van der Waals surface area contributed by atoms with Crippen molar-refractivity contribution >= 4 is 11.6 Å². The second kappa shape index (κ2) is 4.33. The molecule has 0 bridgehead atoms. The molecule has 0 fully saturated rings. The molecule has 0 spiro atoms. The lowest BCUT2D eigenvalue weighted by molar-refractivity contribution is 0.280. The quantitative estimate of drug-likeness (QED) is 0.785. The maximum Gasteiger partial charge on any atom is 0.121 e. The largest absolute Gasteiger partial charge is 0.494 e. The molecule has 0 aliphatic rings. The van der Waals surface area contributed by atoms with Crippen molar-refractivity contribution in [2.75, 3.05) is 6.61 Å². The third-order valence-electron chi connectivity index (χ3n) is 1.42. The Morgan fingerprint density at radius 1 is 1.42 bits per heavy atom. The van der Waals surface area contributed by atoms with Gasteiger partial charge in [-0.2, -0.15) is 0 Å². The SMILES string of the molecule is CCOc1cc(Cl)cc(CO)c1. The molecule has 0 saturated heterocycles. The molecule has 12 heavy (non-hydrogen) atoms. The molecule has 0 aliphatic heterocycles. The summed E-state index contributed by atoms with van der Waals surface area (Å²) < 4.78 is 5.23. The molecule has 0 aliphatic carbocycles. The first kappa shape index (κ1) is 9.36. The monoisotopic (exact) mass is 186 g/mol. The van der Waals surface area contributed by atoms with Crippen molar-refractivity contribution in [2.24, 2.45) is 0 Å². The van der Waals surface area contributed by atoms with Crippen molar-refractivity contribution in [3.05, 3.63) is 28.8 Å². The van der Waals surface area contributed by atoms with E-state index in [0.717, 1.165) is 5.56 Å². The molecule has 0 unspecified atom stereocenters. The molecular formula is C9H11ClO2. The summed E-state index contributed by atoms with van der Waals surface area (Å²) in [6.45, 7) is 2.49. The first-order valence-electron chi connectivity index (χ1n) is 3.79. The number of benzene rings is 1. The molecule has 0 heterocycles. The van der Waals surface area contributed by atoms with Crippen LogP contribution in [0.25, 0.3) is 0 Å². The van der Waals surface area contributed by atoms with Crippen LogP contribution in [0, 0.1) is 0 Å². The van der Waals surface area contributed by atoms with E-state index in [2.05, 4.69) is 0 Å². The average Bonchev–Trinajstić information content (AvgIpc) is 2.04. The van der Waals surface area contributed by atoms with E-state index < -0.39 is 0 Å². The van der Waals surface area contributed by atoms with Crippen LogP contribution in [0.5, 0.6) is 5.75 Å². The minimum Gasteiger partial charge on any atom is -0.494 e. The van der Waals surface area contributed by atoms with E-state index in [1.165, 1.54) is 0 Å². The molecule has 1 N–H and O–H groups in total. The maximum absolute atomic E-state index is 8.84. The predicted molar refractivity (Wildman–Crippen MR) is 48.5 cm³/mol. The second-order valence-electron chi connectivity index (χ2n) is 2.39. The Hall–Kier alpha value is -0.730. The van der Waals surface area contributed by atoms with Crippen molar-refractivity contribution in [2.45, 2.75) is 13.5 Å². The van der Waals surface area contributed by atoms with E-state index in [1.54, 1.807) is 18.2 Å². The molecule has 66 valence electrons. The number of rotatable bonds is 3. The van der Waals surface area contributed by atoms with Gasteiger partial charge in [0.05, 0.1) is 13.2 Å². The standard InChI is InChI=1S/C9H11ClO2/c1-2-12-9-4-7(6-11)3-8(10)5-9/h3-5,11H,2,6H2,1H3. The minimum atomic E-state index is -0.0133. The lowest BCUT2D eigenvalue weighted by Gasteiger charge is -2.05.